The Balaban J connectivity index is 0.000000246. The minimum Gasteiger partial charge on any atom is -0.478 e. The van der Waals surface area contributed by atoms with E-state index >= 15 is 0 Å². The van der Waals surface area contributed by atoms with Crippen LogP contribution < -0.4 is 44.7 Å². The normalized spacial score (nSPS) is 16.7. The van der Waals surface area contributed by atoms with E-state index < -0.39 is 63.6 Å². The van der Waals surface area contributed by atoms with Gasteiger partial charge in [0.15, 0.2) is 52.6 Å². The van der Waals surface area contributed by atoms with Crippen LogP contribution in [0.5, 0.6) is 0 Å². The third-order valence-electron chi connectivity index (χ3n) is 17.4. The Hall–Kier alpha value is -5.12. The molecule has 0 bridgehead atoms. The van der Waals surface area contributed by atoms with Crippen LogP contribution in [-0.4, -0.2) is 124 Å². The average Bonchev–Trinajstić information content (AvgIpc) is 1.64. The number of carbonyl (C=O) groups excluding carboxylic acids is 4. The summed E-state index contributed by atoms with van der Waals surface area (Å²) in [5, 5.41) is 13.4. The zero-order chi connectivity index (χ0) is 70.1. The summed E-state index contributed by atoms with van der Waals surface area (Å²) in [6.07, 6.45) is 20.4. The number of nitrogens with zero attached hydrogens (tertiary/aromatic N) is 2. The van der Waals surface area contributed by atoms with Crippen molar-refractivity contribution >= 4 is 96.6 Å². The Labute approximate surface area is 591 Å². The standard InChI is InChI=1S/C17H23NO3S.C16H21NO4S.C10H11FO3S.C9H8BrFO.C9H9FO.C7H13N.CH3O2S.Na/c1-13(19)15-4-3-14(12-22(2,20)21)11-16(15)18-9-7-17(5-6-17)8-10-18;1-22(20,21)11-12-2-3-13(15(18)19)14(10-12)17-8-6-16(4-5-16)7-9-17;1-7(12)9-4-3-8(5-10(9)11)6-15(2,13)14;1-6(12)8-3-2-7(5-10)4-9(8)11;1-6-3-4-8(7(2)11)9(10)5-6;1-2-7(1)3-5-8-6-4-7;1-4(2)3;/h3-4,11H,5-10,12H2,1-2H3;2-3,10H,4-9,11H2,1H3,(H,18,19);3-5H,6H2,1-2H3;2-4H,5H2,1H3;3-5H,1-2H3;8H,1-6H2;1H3;/q;;;;;;-1;+1. The predicted octanol–water partition coefficient (Wildman–Crippen LogP) is 10.0. The van der Waals surface area contributed by atoms with Gasteiger partial charge >= 0.3 is 35.5 Å². The van der Waals surface area contributed by atoms with Gasteiger partial charge in [0.25, 0.3) is 0 Å². The van der Waals surface area contributed by atoms with Gasteiger partial charge in [-0.2, -0.15) is 0 Å². The molecule has 516 valence electrons. The van der Waals surface area contributed by atoms with Crippen molar-refractivity contribution in [1.29, 1.82) is 0 Å². The predicted molar refractivity (Wildman–Crippen MR) is 367 cm³/mol. The Morgan fingerprint density at radius 1 is 0.474 bits per heavy atom. The van der Waals surface area contributed by atoms with Crippen LogP contribution in [0.25, 0.3) is 0 Å². The number of hydrogen-bond donors (Lipinski definition) is 2. The van der Waals surface area contributed by atoms with Gasteiger partial charge in [-0.25, -0.2) is 43.2 Å². The molecule has 2 N–H and O–H groups in total. The van der Waals surface area contributed by atoms with Crippen molar-refractivity contribution in [1.82, 2.24) is 5.32 Å². The Morgan fingerprint density at radius 3 is 1.05 bits per heavy atom. The first-order valence-corrected chi connectivity index (χ1v) is 39.7. The zero-order valence-corrected chi connectivity index (χ0v) is 62.9. The number of carboxylic acids is 1. The van der Waals surface area contributed by atoms with E-state index in [1.165, 1.54) is 153 Å². The molecule has 0 unspecified atom stereocenters. The summed E-state index contributed by atoms with van der Waals surface area (Å²) in [4.78, 5) is 60.2. The van der Waals surface area contributed by atoms with Gasteiger partial charge in [0, 0.05) is 61.5 Å². The van der Waals surface area contributed by atoms with E-state index in [0.717, 1.165) is 85.4 Å². The molecule has 3 saturated carbocycles. The van der Waals surface area contributed by atoms with Crippen LogP contribution in [0.2, 0.25) is 0 Å². The summed E-state index contributed by atoms with van der Waals surface area (Å²) < 4.78 is 125. The van der Waals surface area contributed by atoms with Crippen LogP contribution in [0.15, 0.2) is 91.0 Å². The number of aromatic carboxylic acids is 1. The van der Waals surface area contributed by atoms with E-state index in [2.05, 4.69) is 31.0 Å². The van der Waals surface area contributed by atoms with Crippen LogP contribution >= 0.6 is 15.9 Å². The summed E-state index contributed by atoms with van der Waals surface area (Å²) >= 11 is 3.20. The van der Waals surface area contributed by atoms with E-state index in [-0.39, 0.29) is 92.2 Å². The number of aryl methyl sites for hydroxylation is 1. The number of rotatable bonds is 14. The maximum absolute atomic E-state index is 13.3. The second kappa shape index (κ2) is 36.1. The number of benzene rings is 5. The number of ketones is 4. The summed E-state index contributed by atoms with van der Waals surface area (Å²) in [6.45, 7) is 13.5. The van der Waals surface area contributed by atoms with Gasteiger partial charge in [0.1, 0.15) is 17.5 Å². The van der Waals surface area contributed by atoms with E-state index in [1.807, 2.05) is 6.07 Å². The molecule has 6 fully saturated rings. The van der Waals surface area contributed by atoms with Crippen LogP contribution in [-0.2, 0) is 71.2 Å². The number of Topliss-reactive ketones (excluding diaryl/α,β-unsaturated/α-hetero) is 4. The summed E-state index contributed by atoms with van der Waals surface area (Å²) in [7, 11) is -11.2. The molecule has 0 aromatic heterocycles. The van der Waals surface area contributed by atoms with Gasteiger partial charge in [0.2, 0.25) is 0 Å². The van der Waals surface area contributed by atoms with Crippen molar-refractivity contribution in [3.63, 3.8) is 0 Å². The molecule has 0 amide bonds. The summed E-state index contributed by atoms with van der Waals surface area (Å²) in [6, 6.07) is 23.3. The number of alkyl halides is 1. The van der Waals surface area contributed by atoms with Crippen LogP contribution in [0.3, 0.4) is 0 Å². The average molecular weight is 1470 g/mol. The fraction of sp³-hybridized carbons (Fsp3) is 0.493. The molecule has 3 spiro atoms. The smallest absolute Gasteiger partial charge is 0.478 e. The first-order valence-electron chi connectivity index (χ1n) is 30.9. The molecule has 3 aliphatic carbocycles. The molecule has 5 aromatic rings. The Kier molecular flexibility index (Phi) is 31.3. The van der Waals surface area contributed by atoms with Gasteiger partial charge in [-0.05, 0) is 229 Å². The quantitative estimate of drug-likeness (QED) is 0.0453. The maximum atomic E-state index is 13.3. The second-order valence-corrected chi connectivity index (χ2v) is 33.6. The third kappa shape index (κ3) is 28.3. The minimum atomic E-state index is -3.18. The second-order valence-electron chi connectivity index (χ2n) is 25.8. The van der Waals surface area contributed by atoms with Crippen molar-refractivity contribution < 1.29 is 105 Å². The maximum Gasteiger partial charge on any atom is 1.00 e. The molecule has 0 radical (unpaired) electrons. The largest absolute Gasteiger partial charge is 1.00 e. The number of carboxylic acid groups (broad SMARTS) is 1. The molecule has 0 atom stereocenters. The Morgan fingerprint density at radius 2 is 0.758 bits per heavy atom. The van der Waals surface area contributed by atoms with Crippen LogP contribution in [0, 0.1) is 40.6 Å². The van der Waals surface area contributed by atoms with Gasteiger partial charge in [-0.15, -0.1) is 0 Å². The molecule has 6 aliphatic rings. The fourth-order valence-corrected chi connectivity index (χ4v) is 14.1. The molecular weight excluding hydrogens is 1380 g/mol. The van der Waals surface area contributed by atoms with Crippen molar-refractivity contribution in [2.24, 2.45) is 16.2 Å². The molecule has 26 heteroatoms. The number of piperidine rings is 3. The summed E-state index contributed by atoms with van der Waals surface area (Å²) in [5.41, 5.74) is 8.18. The number of anilines is 2. The monoisotopic (exact) mass is 1470 g/mol. The molecule has 3 heterocycles. The molecule has 5 aromatic carbocycles. The van der Waals surface area contributed by atoms with Crippen LogP contribution in [0.4, 0.5) is 24.5 Å². The van der Waals surface area contributed by atoms with Crippen molar-refractivity contribution in [3.05, 3.63) is 164 Å². The van der Waals surface area contributed by atoms with Gasteiger partial charge in [-0.1, -0.05) is 63.2 Å². The molecule has 3 aliphatic heterocycles. The first-order chi connectivity index (χ1) is 43.8. The number of nitrogens with one attached hydrogen (secondary N) is 1. The first kappa shape index (κ1) is 82.3. The Bertz CT molecular complexity index is 3850. The van der Waals surface area contributed by atoms with Gasteiger partial charge < -0.3 is 28.6 Å². The van der Waals surface area contributed by atoms with Gasteiger partial charge in [0.05, 0.1) is 45.2 Å². The summed E-state index contributed by atoms with van der Waals surface area (Å²) in [5.74, 6) is -3.59. The minimum absolute atomic E-state index is 0. The number of carbonyl (C=O) groups is 5. The molecule has 17 nitrogen and oxygen atoms in total. The fourth-order valence-electron chi connectivity index (χ4n) is 11.4. The SMILES string of the molecule is C1CC2(CCN1)CC2.CC(=O)c1ccc(C)cc1F.CC(=O)c1ccc(CBr)cc1F.CC(=O)c1ccc(CS(C)(=O)=O)cc1F.CC(=O)c1ccc(CS(C)(=O)=O)cc1N1CCC2(CC1)CC2.CS(=O)(=O)Cc1ccc(C(=O)O)c(N2CCC3(CC2)CC3)c1.C[S-](=O)=O.[Na+]. The number of hydrogen-bond acceptors (Lipinski definition) is 17. The third-order valence-corrected chi connectivity index (χ3v) is 20.6. The van der Waals surface area contributed by atoms with Crippen molar-refractivity contribution in [2.75, 3.05) is 74.1 Å². The molecule has 11 rings (SSSR count). The van der Waals surface area contributed by atoms with E-state index in [4.69, 9.17) is 8.42 Å². The number of sulfone groups is 3. The van der Waals surface area contributed by atoms with Crippen molar-refractivity contribution in [2.45, 2.75) is 134 Å². The number of halogens is 4. The molecule has 95 heavy (non-hydrogen) atoms. The topological polar surface area (TPSA) is 261 Å². The van der Waals surface area contributed by atoms with Crippen LogP contribution in [0.1, 0.15) is 184 Å². The van der Waals surface area contributed by atoms with E-state index in [1.54, 1.807) is 50.2 Å². The van der Waals surface area contributed by atoms with Gasteiger partial charge in [-0.3, -0.25) is 19.2 Å². The van der Waals surface area contributed by atoms with E-state index in [0.29, 0.717) is 38.5 Å². The molecule has 3 saturated heterocycles. The molecular formula is C69H88BrF3N3NaO14S4. The van der Waals surface area contributed by atoms with E-state index in [9.17, 15) is 67.5 Å². The zero-order valence-electron chi connectivity index (χ0n) is 56.0. The van der Waals surface area contributed by atoms with Crippen molar-refractivity contribution in [3.8, 4) is 0 Å².